The molecule has 0 fully saturated rings. The van der Waals surface area contributed by atoms with E-state index in [1.807, 2.05) is 44.1 Å². The number of hydrazone groups is 1. The third-order valence-corrected chi connectivity index (χ3v) is 5.59. The number of hydrogen-bond donors (Lipinski definition) is 2. The molecule has 0 saturated heterocycles. The molecule has 2 heterocycles. The molecule has 2 aromatic heterocycles. The van der Waals surface area contributed by atoms with Gasteiger partial charge in [-0.05, 0) is 50.6 Å². The van der Waals surface area contributed by atoms with Gasteiger partial charge in [0, 0.05) is 62.1 Å². The number of aryl methyl sites for hydroxylation is 1. The quantitative estimate of drug-likeness (QED) is 0.119. The molecular weight excluding hydrogens is 519 g/mol. The first-order chi connectivity index (χ1) is 18.9. The van der Waals surface area contributed by atoms with Crippen LogP contribution in [0.5, 0.6) is 0 Å². The van der Waals surface area contributed by atoms with Crippen molar-refractivity contribution in [1.82, 2.24) is 25.3 Å². The van der Waals surface area contributed by atoms with Crippen LogP contribution in [0.15, 0.2) is 77.7 Å². The van der Waals surface area contributed by atoms with Gasteiger partial charge in [-0.25, -0.2) is 15.0 Å². The number of nitrogens with one attached hydrogen (secondary N) is 2. The summed E-state index contributed by atoms with van der Waals surface area (Å²) in [7, 11) is 5.33. The van der Waals surface area contributed by atoms with Gasteiger partial charge in [0.25, 0.3) is 0 Å². The Labute approximate surface area is 232 Å². The van der Waals surface area contributed by atoms with E-state index < -0.39 is 17.9 Å². The average molecular weight is 554 g/mol. The van der Waals surface area contributed by atoms with Gasteiger partial charge in [0.1, 0.15) is 6.29 Å². The highest BCUT2D eigenvalue weighted by Crippen LogP contribution is 2.34. The molecule has 0 spiro atoms. The van der Waals surface area contributed by atoms with Crippen molar-refractivity contribution in [2.75, 3.05) is 26.5 Å². The zero-order valence-electron chi connectivity index (χ0n) is 23.4. The highest BCUT2D eigenvalue weighted by molar-refractivity contribution is 6.11. The fourth-order valence-corrected chi connectivity index (χ4v) is 3.52. The number of anilines is 1. The maximum absolute atomic E-state index is 13.7. The molecule has 1 atom stereocenters. The summed E-state index contributed by atoms with van der Waals surface area (Å²) in [6.07, 6.45) is 9.18. The van der Waals surface area contributed by atoms with Gasteiger partial charge < -0.3 is 15.6 Å². The van der Waals surface area contributed by atoms with Crippen molar-refractivity contribution in [3.63, 3.8) is 0 Å². The lowest BCUT2D eigenvalue weighted by Gasteiger charge is -2.21. The van der Waals surface area contributed by atoms with E-state index in [-0.39, 0.29) is 11.4 Å². The molecule has 212 valence electrons. The Bertz CT molecular complexity index is 1340. The van der Waals surface area contributed by atoms with Crippen molar-refractivity contribution >= 4 is 29.5 Å². The van der Waals surface area contributed by atoms with Crippen molar-refractivity contribution in [2.24, 2.45) is 5.10 Å². The van der Waals surface area contributed by atoms with Gasteiger partial charge in [0.15, 0.2) is 11.5 Å². The highest BCUT2D eigenvalue weighted by Gasteiger charge is 2.36. The van der Waals surface area contributed by atoms with E-state index in [1.54, 1.807) is 32.4 Å². The molecule has 8 nitrogen and oxygen atoms in total. The second-order valence-corrected chi connectivity index (χ2v) is 8.95. The number of nitrogens with zero attached hydrogens (tertiary/aromatic N) is 5. The van der Waals surface area contributed by atoms with Crippen LogP contribution in [0.3, 0.4) is 0 Å². The zero-order chi connectivity index (χ0) is 29.9. The van der Waals surface area contributed by atoms with Crippen LogP contribution in [0.4, 0.5) is 18.9 Å². The molecule has 0 saturated carbocycles. The molecule has 0 bridgehead atoms. The second-order valence-electron chi connectivity index (χ2n) is 8.95. The zero-order valence-corrected chi connectivity index (χ0v) is 23.4. The van der Waals surface area contributed by atoms with E-state index in [0.717, 1.165) is 11.3 Å². The summed E-state index contributed by atoms with van der Waals surface area (Å²) < 4.78 is 41.0. The Balaban J connectivity index is 2.51. The molecule has 11 heteroatoms. The van der Waals surface area contributed by atoms with E-state index >= 15 is 0 Å². The number of halogens is 3. The van der Waals surface area contributed by atoms with Gasteiger partial charge in [0.05, 0.1) is 11.9 Å². The molecule has 40 heavy (non-hydrogen) atoms. The van der Waals surface area contributed by atoms with Crippen LogP contribution in [0.2, 0.25) is 0 Å². The monoisotopic (exact) mass is 553 g/mol. The Morgan fingerprint density at radius 2 is 1.82 bits per heavy atom. The SMILES string of the molecule is C=C\C(C)=C/C(=C/C=C(/c1cnc(C(/C=N\NC)=C/C=O)nc1)N(C)C)[C@@H](C)Nc1ccc(C)nc1C(F)(F)F. The predicted molar refractivity (Wildman–Crippen MR) is 154 cm³/mol. The number of carbonyl (C=O) groups excluding carboxylic acids is 1. The molecule has 2 aromatic rings. The van der Waals surface area contributed by atoms with E-state index in [9.17, 15) is 18.0 Å². The van der Waals surface area contributed by atoms with Gasteiger partial charge in [0.2, 0.25) is 0 Å². The number of pyridine rings is 1. The topological polar surface area (TPSA) is 95.4 Å². The van der Waals surface area contributed by atoms with Crippen LogP contribution >= 0.6 is 0 Å². The lowest BCUT2D eigenvalue weighted by molar-refractivity contribution is -0.140. The minimum Gasteiger partial charge on any atom is -0.377 e. The maximum Gasteiger partial charge on any atom is 0.435 e. The van der Waals surface area contributed by atoms with Gasteiger partial charge in [-0.2, -0.15) is 18.3 Å². The molecule has 2 rings (SSSR count). The van der Waals surface area contributed by atoms with Crippen LogP contribution in [0.1, 0.15) is 36.6 Å². The average Bonchev–Trinajstić information content (AvgIpc) is 2.90. The first-order valence-corrected chi connectivity index (χ1v) is 12.3. The molecule has 0 radical (unpaired) electrons. The van der Waals surface area contributed by atoms with Crippen LogP contribution in [-0.4, -0.2) is 59.5 Å². The second kappa shape index (κ2) is 14.6. The minimum absolute atomic E-state index is 0.108. The molecule has 0 unspecified atom stereocenters. The summed E-state index contributed by atoms with van der Waals surface area (Å²) in [5.41, 5.74) is 5.23. The van der Waals surface area contributed by atoms with Gasteiger partial charge in [-0.3, -0.25) is 4.79 Å². The molecule has 0 aliphatic heterocycles. The number of alkyl halides is 3. The predicted octanol–water partition coefficient (Wildman–Crippen LogP) is 5.45. The number of rotatable bonds is 12. The van der Waals surface area contributed by atoms with Crippen molar-refractivity contribution in [3.05, 3.63) is 95.4 Å². The minimum atomic E-state index is -4.60. The summed E-state index contributed by atoms with van der Waals surface area (Å²) in [5, 5.41) is 6.87. The summed E-state index contributed by atoms with van der Waals surface area (Å²) >= 11 is 0. The standard InChI is InChI=1S/C29H34F3N7O/c1-8-19(2)15-22(21(4)38-25-11-9-20(3)37-27(25)29(30,31)32)10-12-26(39(6)7)24-16-34-28(35-17-24)23(13-14-40)18-36-33-5/h8-18,21,33,38H,1H2,2-7H3/b19-15-,22-10-,23-13+,26-12-,36-18-/t21-/m1/s1. The van der Waals surface area contributed by atoms with E-state index in [0.29, 0.717) is 28.8 Å². The third-order valence-electron chi connectivity index (χ3n) is 5.59. The third kappa shape index (κ3) is 9.04. The Morgan fingerprint density at radius 3 is 2.38 bits per heavy atom. The number of aromatic nitrogens is 3. The van der Waals surface area contributed by atoms with E-state index in [2.05, 4.69) is 37.4 Å². The summed E-state index contributed by atoms with van der Waals surface area (Å²) in [5.74, 6) is 0.318. The fourth-order valence-electron chi connectivity index (χ4n) is 3.52. The molecule has 2 N–H and O–H groups in total. The first-order valence-electron chi connectivity index (χ1n) is 12.3. The van der Waals surface area contributed by atoms with Gasteiger partial charge in [-0.15, -0.1) is 0 Å². The van der Waals surface area contributed by atoms with Crippen LogP contribution in [-0.2, 0) is 11.0 Å². The summed E-state index contributed by atoms with van der Waals surface area (Å²) in [4.78, 5) is 25.3. The number of hydrogen-bond acceptors (Lipinski definition) is 8. The van der Waals surface area contributed by atoms with Crippen molar-refractivity contribution in [1.29, 1.82) is 0 Å². The number of carbonyl (C=O) groups is 1. The fraction of sp³-hybridized carbons (Fsp3) is 0.276. The van der Waals surface area contributed by atoms with E-state index in [1.165, 1.54) is 31.3 Å². The molecule has 0 aliphatic carbocycles. The molecule has 0 amide bonds. The molecule has 0 aromatic carbocycles. The van der Waals surface area contributed by atoms with Gasteiger partial charge in [-0.1, -0.05) is 30.4 Å². The van der Waals surface area contributed by atoms with E-state index in [4.69, 9.17) is 0 Å². The Hall–Kier alpha value is -4.54. The van der Waals surface area contributed by atoms with Gasteiger partial charge >= 0.3 is 6.18 Å². The lowest BCUT2D eigenvalue weighted by Crippen LogP contribution is -2.21. The summed E-state index contributed by atoms with van der Waals surface area (Å²) in [6.45, 7) is 8.93. The molecular formula is C29H34F3N7O. The maximum atomic E-state index is 13.7. The summed E-state index contributed by atoms with van der Waals surface area (Å²) in [6, 6.07) is 2.41. The van der Waals surface area contributed by atoms with Crippen molar-refractivity contribution in [3.8, 4) is 0 Å². The van der Waals surface area contributed by atoms with Crippen LogP contribution in [0.25, 0.3) is 11.3 Å². The van der Waals surface area contributed by atoms with Crippen molar-refractivity contribution < 1.29 is 18.0 Å². The highest BCUT2D eigenvalue weighted by atomic mass is 19.4. The largest absolute Gasteiger partial charge is 0.435 e. The van der Waals surface area contributed by atoms with Crippen molar-refractivity contribution in [2.45, 2.75) is 33.0 Å². The Morgan fingerprint density at radius 1 is 1.15 bits per heavy atom. The van der Waals surface area contributed by atoms with Crippen LogP contribution in [0, 0.1) is 6.92 Å². The first kappa shape index (κ1) is 31.7. The normalized spacial score (nSPS) is 14.2. The van der Waals surface area contributed by atoms with Crippen LogP contribution < -0.4 is 10.7 Å². The number of allylic oxidation sites excluding steroid dienone is 6. The molecule has 0 aliphatic rings. The lowest BCUT2D eigenvalue weighted by atomic mass is 10.0. The smallest absolute Gasteiger partial charge is 0.377 e. The Kier molecular flexibility index (Phi) is 11.5. The number of aldehydes is 1.